The molecule has 0 saturated heterocycles. The van der Waals surface area contributed by atoms with E-state index in [-0.39, 0.29) is 4.21 Å². The maximum Gasteiger partial charge on any atom is 0.250 e. The van der Waals surface area contributed by atoms with Gasteiger partial charge in [0.2, 0.25) is 0 Å². The van der Waals surface area contributed by atoms with Crippen LogP contribution in [0, 0.1) is 0 Å². The molecule has 18 heavy (non-hydrogen) atoms. The Labute approximate surface area is 117 Å². The number of rotatable bonds is 4. The van der Waals surface area contributed by atoms with Crippen LogP contribution in [-0.4, -0.2) is 23.2 Å². The van der Waals surface area contributed by atoms with Gasteiger partial charge < -0.3 is 4.57 Å². The number of hydrogen-bond acceptors (Lipinski definition) is 5. The summed E-state index contributed by atoms with van der Waals surface area (Å²) in [6.07, 6.45) is 1.53. The number of nitrogens with one attached hydrogen (secondary N) is 1. The molecule has 98 valence electrons. The predicted molar refractivity (Wildman–Crippen MR) is 71.8 cm³/mol. The quantitative estimate of drug-likeness (QED) is 0.909. The van der Waals surface area contributed by atoms with Crippen molar-refractivity contribution in [2.24, 2.45) is 7.05 Å². The first-order chi connectivity index (χ1) is 8.40. The highest BCUT2D eigenvalue weighted by atomic mass is 79.9. The van der Waals surface area contributed by atoms with Crippen LogP contribution in [0.5, 0.6) is 0 Å². The van der Waals surface area contributed by atoms with Gasteiger partial charge in [0, 0.05) is 7.05 Å². The van der Waals surface area contributed by atoms with Gasteiger partial charge in [0.15, 0.2) is 0 Å². The molecule has 0 fully saturated rings. The predicted octanol–water partition coefficient (Wildman–Crippen LogP) is 1.68. The fourth-order valence-corrected chi connectivity index (χ4v) is 4.70. The van der Waals surface area contributed by atoms with Gasteiger partial charge in [-0.05, 0) is 35.0 Å². The van der Waals surface area contributed by atoms with E-state index in [0.29, 0.717) is 5.82 Å². The van der Waals surface area contributed by atoms with Crippen molar-refractivity contribution in [1.82, 2.24) is 19.5 Å². The van der Waals surface area contributed by atoms with Crippen LogP contribution in [0.2, 0.25) is 0 Å². The number of aromatic nitrogens is 3. The molecule has 9 heteroatoms. The number of nitrogens with zero attached hydrogens (tertiary/aromatic N) is 3. The van der Waals surface area contributed by atoms with Crippen LogP contribution in [0.15, 0.2) is 26.5 Å². The SMILES string of the molecule is CC(NS(=O)(=O)c1ccc(Br)s1)c1nncn1C. The molecule has 1 atom stereocenters. The van der Waals surface area contributed by atoms with Crippen LogP contribution in [0.4, 0.5) is 0 Å². The summed E-state index contributed by atoms with van der Waals surface area (Å²) in [6, 6.07) is 2.82. The first-order valence-corrected chi connectivity index (χ1v) is 8.11. The molecule has 0 saturated carbocycles. The Morgan fingerprint density at radius 3 is 2.72 bits per heavy atom. The van der Waals surface area contributed by atoms with Crippen molar-refractivity contribution in [2.75, 3.05) is 0 Å². The summed E-state index contributed by atoms with van der Waals surface area (Å²) >= 11 is 4.40. The lowest BCUT2D eigenvalue weighted by atomic mass is 10.3. The Morgan fingerprint density at radius 2 is 2.22 bits per heavy atom. The molecule has 2 heterocycles. The third-order valence-electron chi connectivity index (χ3n) is 2.28. The lowest BCUT2D eigenvalue weighted by Gasteiger charge is -2.12. The van der Waals surface area contributed by atoms with Crippen LogP contribution in [0.1, 0.15) is 18.8 Å². The van der Waals surface area contributed by atoms with Crippen molar-refractivity contribution in [1.29, 1.82) is 0 Å². The summed E-state index contributed by atoms with van der Waals surface area (Å²) in [7, 11) is -1.76. The summed E-state index contributed by atoms with van der Waals surface area (Å²) in [5, 5.41) is 7.60. The highest BCUT2D eigenvalue weighted by Gasteiger charge is 2.22. The molecule has 0 aliphatic heterocycles. The minimum atomic E-state index is -3.52. The number of thiophene rings is 1. The molecule has 1 N–H and O–H groups in total. The number of aryl methyl sites for hydroxylation is 1. The Hall–Kier alpha value is -0.770. The largest absolute Gasteiger partial charge is 0.319 e. The Bertz CT molecular complexity index is 649. The van der Waals surface area contributed by atoms with E-state index in [1.54, 1.807) is 30.7 Å². The summed E-state index contributed by atoms with van der Waals surface area (Å²) in [6.45, 7) is 1.73. The van der Waals surface area contributed by atoms with Crippen molar-refractivity contribution in [2.45, 2.75) is 17.2 Å². The van der Waals surface area contributed by atoms with Gasteiger partial charge >= 0.3 is 0 Å². The smallest absolute Gasteiger partial charge is 0.250 e. The number of halogens is 1. The Morgan fingerprint density at radius 1 is 1.50 bits per heavy atom. The summed E-state index contributed by atoms with van der Waals surface area (Å²) in [4.78, 5) is 0. The highest BCUT2D eigenvalue weighted by Crippen LogP contribution is 2.26. The van der Waals surface area contributed by atoms with Gasteiger partial charge in [-0.1, -0.05) is 0 Å². The van der Waals surface area contributed by atoms with Gasteiger partial charge in [-0.25, -0.2) is 13.1 Å². The molecule has 0 amide bonds. The fourth-order valence-electron chi connectivity index (χ4n) is 1.47. The fraction of sp³-hybridized carbons (Fsp3) is 0.333. The van der Waals surface area contributed by atoms with E-state index in [4.69, 9.17) is 0 Å². The third kappa shape index (κ3) is 2.79. The number of hydrogen-bond donors (Lipinski definition) is 1. The van der Waals surface area contributed by atoms with Crippen LogP contribution >= 0.6 is 27.3 Å². The van der Waals surface area contributed by atoms with Gasteiger partial charge in [-0.2, -0.15) is 0 Å². The lowest BCUT2D eigenvalue weighted by Crippen LogP contribution is -2.28. The van der Waals surface area contributed by atoms with E-state index in [2.05, 4.69) is 30.8 Å². The topological polar surface area (TPSA) is 76.9 Å². The molecule has 1 unspecified atom stereocenters. The second-order valence-electron chi connectivity index (χ2n) is 3.70. The van der Waals surface area contributed by atoms with Crippen LogP contribution in [-0.2, 0) is 17.1 Å². The second kappa shape index (κ2) is 5.08. The zero-order valence-corrected chi connectivity index (χ0v) is 12.9. The molecule has 2 aromatic heterocycles. The van der Waals surface area contributed by atoms with Crippen LogP contribution in [0.3, 0.4) is 0 Å². The minimum Gasteiger partial charge on any atom is -0.319 e. The normalized spacial score (nSPS) is 13.7. The Kier molecular flexibility index (Phi) is 3.85. The summed E-state index contributed by atoms with van der Waals surface area (Å²) < 4.78 is 29.5. The van der Waals surface area contributed by atoms with Crippen molar-refractivity contribution < 1.29 is 8.42 Å². The van der Waals surface area contributed by atoms with E-state index in [9.17, 15) is 8.42 Å². The average molecular weight is 351 g/mol. The Balaban J connectivity index is 2.21. The van der Waals surface area contributed by atoms with Gasteiger partial charge in [0.1, 0.15) is 16.4 Å². The zero-order valence-electron chi connectivity index (χ0n) is 9.66. The molecule has 0 aromatic carbocycles. The molecular weight excluding hydrogens is 340 g/mol. The molecule has 2 rings (SSSR count). The first-order valence-electron chi connectivity index (χ1n) is 5.02. The standard InChI is InChI=1S/C9H11BrN4O2S2/c1-6(9-12-11-5-14(9)2)13-18(15,16)8-4-3-7(10)17-8/h3-6,13H,1-2H3. The van der Waals surface area contributed by atoms with Gasteiger partial charge in [-0.3, -0.25) is 0 Å². The second-order valence-corrected chi connectivity index (χ2v) is 8.11. The first kappa shape index (κ1) is 13.7. The summed E-state index contributed by atoms with van der Waals surface area (Å²) in [5.41, 5.74) is 0. The molecule has 0 aliphatic carbocycles. The molecule has 0 bridgehead atoms. The molecular formula is C9H11BrN4O2S2. The molecule has 6 nitrogen and oxygen atoms in total. The van der Waals surface area contributed by atoms with Crippen molar-refractivity contribution >= 4 is 37.3 Å². The highest BCUT2D eigenvalue weighted by molar-refractivity contribution is 9.11. The maximum atomic E-state index is 12.1. The van der Waals surface area contributed by atoms with Gasteiger partial charge in [0.25, 0.3) is 10.0 Å². The van der Waals surface area contributed by atoms with E-state index >= 15 is 0 Å². The zero-order chi connectivity index (χ0) is 13.3. The third-order valence-corrected chi connectivity index (χ3v) is 5.94. The van der Waals surface area contributed by atoms with Crippen molar-refractivity contribution in [3.05, 3.63) is 28.1 Å². The molecule has 0 radical (unpaired) electrons. The van der Waals surface area contributed by atoms with Crippen molar-refractivity contribution in [3.63, 3.8) is 0 Å². The average Bonchev–Trinajstić information content (AvgIpc) is 2.86. The van der Waals surface area contributed by atoms with Crippen molar-refractivity contribution in [3.8, 4) is 0 Å². The van der Waals surface area contributed by atoms with E-state index in [1.807, 2.05) is 0 Å². The molecule has 2 aromatic rings. The molecule has 0 spiro atoms. The lowest BCUT2D eigenvalue weighted by molar-refractivity contribution is 0.555. The monoisotopic (exact) mass is 350 g/mol. The summed E-state index contributed by atoms with van der Waals surface area (Å²) in [5.74, 6) is 0.564. The van der Waals surface area contributed by atoms with Crippen LogP contribution < -0.4 is 4.72 Å². The van der Waals surface area contributed by atoms with E-state index in [1.165, 1.54) is 6.33 Å². The number of sulfonamides is 1. The van der Waals surface area contributed by atoms with E-state index in [0.717, 1.165) is 15.1 Å². The van der Waals surface area contributed by atoms with Gasteiger partial charge in [-0.15, -0.1) is 21.5 Å². The minimum absolute atomic E-state index is 0.267. The van der Waals surface area contributed by atoms with Gasteiger partial charge in [0.05, 0.1) is 9.83 Å². The van der Waals surface area contributed by atoms with Crippen LogP contribution in [0.25, 0.3) is 0 Å². The molecule has 0 aliphatic rings. The maximum absolute atomic E-state index is 12.1. The van der Waals surface area contributed by atoms with E-state index < -0.39 is 16.1 Å².